The third kappa shape index (κ3) is 5.85. The number of benzene rings is 3. The number of carbonyl (C=O) groups is 1. The molecule has 32 heavy (non-hydrogen) atoms. The summed E-state index contributed by atoms with van der Waals surface area (Å²) in [6, 6.07) is 19.7. The third-order valence-corrected chi connectivity index (χ3v) is 6.40. The Morgan fingerprint density at radius 3 is 2.41 bits per heavy atom. The fourth-order valence-electron chi connectivity index (χ4n) is 3.19. The first-order valence-corrected chi connectivity index (χ1v) is 11.7. The van der Waals surface area contributed by atoms with Gasteiger partial charge in [-0.2, -0.15) is 0 Å². The second-order valence-corrected chi connectivity index (χ2v) is 9.11. The summed E-state index contributed by atoms with van der Waals surface area (Å²) in [6.45, 7) is 2.93. The Morgan fingerprint density at radius 2 is 1.69 bits per heavy atom. The molecule has 6 nitrogen and oxygen atoms in total. The van der Waals surface area contributed by atoms with Crippen LogP contribution in [0.4, 0.5) is 15.8 Å². The molecule has 0 heterocycles. The number of nitrogens with zero attached hydrogens (tertiary/aromatic N) is 1. The van der Waals surface area contributed by atoms with Gasteiger partial charge in [-0.1, -0.05) is 36.4 Å². The molecule has 0 aromatic heterocycles. The van der Waals surface area contributed by atoms with Crippen molar-refractivity contribution in [2.75, 3.05) is 29.8 Å². The van der Waals surface area contributed by atoms with E-state index in [2.05, 4.69) is 14.9 Å². The van der Waals surface area contributed by atoms with E-state index in [-0.39, 0.29) is 22.1 Å². The van der Waals surface area contributed by atoms with Crippen molar-refractivity contribution in [1.29, 1.82) is 0 Å². The lowest BCUT2D eigenvalue weighted by atomic mass is 10.1. The van der Waals surface area contributed by atoms with E-state index >= 15 is 0 Å². The zero-order valence-corrected chi connectivity index (χ0v) is 18.8. The summed E-state index contributed by atoms with van der Waals surface area (Å²) in [5.41, 5.74) is 1.85. The Bertz CT molecular complexity index is 1180. The SMILES string of the molecule is Cc1ccc(S(=O)(=O)Nc2ccccc2F)cc1C(=O)NCCCN(C)c1ccccc1. The van der Waals surface area contributed by atoms with Crippen LogP contribution in [0.1, 0.15) is 22.3 Å². The summed E-state index contributed by atoms with van der Waals surface area (Å²) >= 11 is 0. The Labute approximate surface area is 188 Å². The third-order valence-electron chi connectivity index (χ3n) is 5.03. The van der Waals surface area contributed by atoms with Crippen LogP contribution in [0.3, 0.4) is 0 Å². The van der Waals surface area contributed by atoms with Crippen LogP contribution in [0.25, 0.3) is 0 Å². The molecule has 3 aromatic rings. The number of sulfonamides is 1. The summed E-state index contributed by atoms with van der Waals surface area (Å²) in [5, 5.41) is 2.84. The van der Waals surface area contributed by atoms with Crippen LogP contribution in [0.15, 0.2) is 77.7 Å². The van der Waals surface area contributed by atoms with Gasteiger partial charge in [0.05, 0.1) is 10.6 Å². The molecule has 1 amide bonds. The molecule has 0 unspecified atom stereocenters. The van der Waals surface area contributed by atoms with Gasteiger partial charge in [0.1, 0.15) is 5.82 Å². The van der Waals surface area contributed by atoms with Crippen LogP contribution < -0.4 is 14.9 Å². The highest BCUT2D eigenvalue weighted by Gasteiger charge is 2.19. The average molecular weight is 456 g/mol. The first-order valence-electron chi connectivity index (χ1n) is 10.2. The van der Waals surface area contributed by atoms with Crippen LogP contribution >= 0.6 is 0 Å². The van der Waals surface area contributed by atoms with Gasteiger partial charge in [-0.3, -0.25) is 9.52 Å². The first kappa shape index (κ1) is 23.3. The minimum absolute atomic E-state index is 0.111. The Kier molecular flexibility index (Phi) is 7.48. The minimum Gasteiger partial charge on any atom is -0.375 e. The summed E-state index contributed by atoms with van der Waals surface area (Å²) in [5.74, 6) is -1.03. The van der Waals surface area contributed by atoms with Crippen LogP contribution in [0.2, 0.25) is 0 Å². The number of amides is 1. The van der Waals surface area contributed by atoms with E-state index in [0.717, 1.165) is 18.7 Å². The highest BCUT2D eigenvalue weighted by atomic mass is 32.2. The van der Waals surface area contributed by atoms with Gasteiger partial charge in [0.2, 0.25) is 0 Å². The van der Waals surface area contributed by atoms with Gasteiger partial charge in [0.15, 0.2) is 0 Å². The predicted octanol–water partition coefficient (Wildman–Crippen LogP) is 4.19. The van der Waals surface area contributed by atoms with Gasteiger partial charge in [-0.05, 0) is 55.3 Å². The van der Waals surface area contributed by atoms with Crippen molar-refractivity contribution < 1.29 is 17.6 Å². The molecule has 0 fully saturated rings. The molecule has 3 aromatic carbocycles. The number of nitrogens with one attached hydrogen (secondary N) is 2. The van der Waals surface area contributed by atoms with E-state index in [0.29, 0.717) is 12.1 Å². The van der Waals surface area contributed by atoms with E-state index in [9.17, 15) is 17.6 Å². The van der Waals surface area contributed by atoms with Crippen molar-refractivity contribution in [1.82, 2.24) is 5.32 Å². The molecule has 0 bridgehead atoms. The largest absolute Gasteiger partial charge is 0.375 e. The molecule has 0 spiro atoms. The topological polar surface area (TPSA) is 78.5 Å². The molecule has 0 radical (unpaired) electrons. The maximum absolute atomic E-state index is 13.9. The van der Waals surface area contributed by atoms with Gasteiger partial charge in [0, 0.05) is 31.4 Å². The van der Waals surface area contributed by atoms with Crippen molar-refractivity contribution >= 4 is 27.3 Å². The molecule has 0 aliphatic carbocycles. The highest BCUT2D eigenvalue weighted by Crippen LogP contribution is 2.21. The van der Waals surface area contributed by atoms with Crippen LogP contribution in [0, 0.1) is 12.7 Å². The molecule has 168 valence electrons. The van der Waals surface area contributed by atoms with Crippen molar-refractivity contribution in [3.05, 3.63) is 89.7 Å². The number of para-hydroxylation sites is 2. The van der Waals surface area contributed by atoms with E-state index in [1.54, 1.807) is 13.0 Å². The lowest BCUT2D eigenvalue weighted by Crippen LogP contribution is -2.29. The molecule has 0 saturated carbocycles. The van der Waals surface area contributed by atoms with Crippen molar-refractivity contribution in [2.45, 2.75) is 18.2 Å². The van der Waals surface area contributed by atoms with Crippen LogP contribution in [-0.2, 0) is 10.0 Å². The number of hydrogen-bond acceptors (Lipinski definition) is 4. The zero-order valence-electron chi connectivity index (χ0n) is 18.0. The van der Waals surface area contributed by atoms with E-state index < -0.39 is 15.8 Å². The van der Waals surface area contributed by atoms with Gasteiger partial charge in [-0.15, -0.1) is 0 Å². The standard InChI is InChI=1S/C24H26FN3O3S/c1-18-13-14-20(32(30,31)27-23-12-7-6-11-22(23)25)17-21(18)24(29)26-15-8-16-28(2)19-9-4-3-5-10-19/h3-7,9-14,17,27H,8,15-16H2,1-2H3,(H,26,29). The fraction of sp³-hybridized carbons (Fsp3) is 0.208. The normalized spacial score (nSPS) is 11.1. The second kappa shape index (κ2) is 10.3. The molecule has 0 aliphatic heterocycles. The van der Waals surface area contributed by atoms with Gasteiger partial charge in [-0.25, -0.2) is 12.8 Å². The minimum atomic E-state index is -4.05. The van der Waals surface area contributed by atoms with Gasteiger partial charge in [0.25, 0.3) is 15.9 Å². The monoisotopic (exact) mass is 455 g/mol. The molecular formula is C24H26FN3O3S. The van der Waals surface area contributed by atoms with Crippen molar-refractivity contribution in [3.63, 3.8) is 0 Å². The Balaban J connectivity index is 1.63. The molecule has 3 rings (SSSR count). The molecule has 0 atom stereocenters. The highest BCUT2D eigenvalue weighted by molar-refractivity contribution is 7.92. The van der Waals surface area contributed by atoms with Crippen molar-refractivity contribution in [2.24, 2.45) is 0 Å². The fourth-order valence-corrected chi connectivity index (χ4v) is 4.28. The summed E-state index contributed by atoms with van der Waals surface area (Å²) in [7, 11) is -2.07. The molecule has 2 N–H and O–H groups in total. The lowest BCUT2D eigenvalue weighted by molar-refractivity contribution is 0.0952. The van der Waals surface area contributed by atoms with Crippen molar-refractivity contribution in [3.8, 4) is 0 Å². The Morgan fingerprint density at radius 1 is 1.00 bits per heavy atom. The number of halogens is 1. The lowest BCUT2D eigenvalue weighted by Gasteiger charge is -2.19. The summed E-state index contributed by atoms with van der Waals surface area (Å²) in [4.78, 5) is 14.7. The maximum atomic E-state index is 13.9. The van der Waals surface area contributed by atoms with Crippen LogP contribution in [-0.4, -0.2) is 34.5 Å². The predicted molar refractivity (Wildman–Crippen MR) is 125 cm³/mol. The maximum Gasteiger partial charge on any atom is 0.262 e. The van der Waals surface area contributed by atoms with E-state index in [1.165, 1.54) is 36.4 Å². The Hall–Kier alpha value is -3.39. The first-order chi connectivity index (χ1) is 15.3. The zero-order chi connectivity index (χ0) is 23.1. The number of rotatable bonds is 9. The van der Waals surface area contributed by atoms with E-state index in [1.807, 2.05) is 37.4 Å². The van der Waals surface area contributed by atoms with Crippen LogP contribution in [0.5, 0.6) is 0 Å². The molecule has 8 heteroatoms. The number of carbonyl (C=O) groups excluding carboxylic acids is 1. The smallest absolute Gasteiger partial charge is 0.262 e. The van der Waals surface area contributed by atoms with E-state index in [4.69, 9.17) is 0 Å². The quantitative estimate of drug-likeness (QED) is 0.474. The molecule has 0 saturated heterocycles. The average Bonchev–Trinajstić information content (AvgIpc) is 2.78. The number of aryl methyl sites for hydroxylation is 1. The number of hydrogen-bond donors (Lipinski definition) is 2. The molecule has 0 aliphatic rings. The summed E-state index contributed by atoms with van der Waals surface area (Å²) < 4.78 is 41.5. The molecular weight excluding hydrogens is 429 g/mol. The second-order valence-electron chi connectivity index (χ2n) is 7.43. The van der Waals surface area contributed by atoms with Gasteiger partial charge >= 0.3 is 0 Å². The van der Waals surface area contributed by atoms with Gasteiger partial charge < -0.3 is 10.2 Å². The number of anilines is 2. The summed E-state index contributed by atoms with van der Waals surface area (Å²) in [6.07, 6.45) is 0.725.